The molecule has 4 rings (SSSR count). The smallest absolute Gasteiger partial charge is 0.277 e. The number of aromatic nitrogens is 3. The van der Waals surface area contributed by atoms with Gasteiger partial charge < -0.3 is 5.32 Å². The van der Waals surface area contributed by atoms with E-state index >= 15 is 0 Å². The highest BCUT2D eigenvalue weighted by Gasteiger charge is 2.36. The number of aryl methyl sites for hydroxylation is 3. The number of halogens is 1. The fourth-order valence-corrected chi connectivity index (χ4v) is 5.64. The van der Waals surface area contributed by atoms with Crippen molar-refractivity contribution in [2.45, 2.75) is 51.9 Å². The van der Waals surface area contributed by atoms with Crippen molar-refractivity contribution in [3.05, 3.63) is 67.8 Å². The van der Waals surface area contributed by atoms with Crippen molar-refractivity contribution in [2.24, 2.45) is 7.05 Å². The summed E-state index contributed by atoms with van der Waals surface area (Å²) in [7, 11) is 1.61. The Bertz CT molecular complexity index is 1220. The third-order valence-corrected chi connectivity index (χ3v) is 7.72. The molecule has 0 aliphatic heterocycles. The summed E-state index contributed by atoms with van der Waals surface area (Å²) in [5.74, 6) is -0.452. The maximum absolute atomic E-state index is 13.4. The normalized spacial score (nSPS) is 15.2. The van der Waals surface area contributed by atoms with Crippen LogP contribution in [0, 0.1) is 26.6 Å². The molecule has 32 heavy (non-hydrogen) atoms. The highest BCUT2D eigenvalue weighted by atomic mass is 32.1. The van der Waals surface area contributed by atoms with Crippen molar-refractivity contribution >= 4 is 17.2 Å². The lowest BCUT2D eigenvalue weighted by atomic mass is 9.79. The molecule has 1 aliphatic carbocycles. The molecule has 3 aromatic rings. The van der Waals surface area contributed by atoms with Crippen molar-refractivity contribution in [3.63, 3.8) is 0 Å². The second-order valence-electron chi connectivity index (χ2n) is 8.62. The quantitative estimate of drug-likeness (QED) is 0.627. The highest BCUT2D eigenvalue weighted by Crippen LogP contribution is 2.41. The lowest BCUT2D eigenvalue weighted by molar-refractivity contribution is 0.0946. The van der Waals surface area contributed by atoms with Gasteiger partial charge in [-0.3, -0.25) is 9.59 Å². The van der Waals surface area contributed by atoms with Crippen LogP contribution in [0.3, 0.4) is 0 Å². The van der Waals surface area contributed by atoms with Crippen molar-refractivity contribution < 1.29 is 9.18 Å². The van der Waals surface area contributed by atoms with Crippen LogP contribution in [0.5, 0.6) is 0 Å². The first-order valence-corrected chi connectivity index (χ1v) is 11.6. The molecule has 0 unspecified atom stereocenters. The van der Waals surface area contributed by atoms with Crippen LogP contribution in [0.25, 0.3) is 10.6 Å². The zero-order valence-electron chi connectivity index (χ0n) is 18.8. The Morgan fingerprint density at radius 2 is 1.81 bits per heavy atom. The molecule has 1 N–H and O–H groups in total. The summed E-state index contributed by atoms with van der Waals surface area (Å²) < 4.78 is 14.7. The molecule has 2 aromatic heterocycles. The summed E-state index contributed by atoms with van der Waals surface area (Å²) in [6, 6.07) is 6.62. The van der Waals surface area contributed by atoms with E-state index in [4.69, 9.17) is 0 Å². The Morgan fingerprint density at radius 3 is 2.47 bits per heavy atom. The molecule has 0 spiro atoms. The van der Waals surface area contributed by atoms with E-state index in [1.54, 1.807) is 14.0 Å². The summed E-state index contributed by atoms with van der Waals surface area (Å²) in [5.41, 5.74) is 3.27. The average molecular weight is 455 g/mol. The second kappa shape index (κ2) is 8.58. The van der Waals surface area contributed by atoms with Gasteiger partial charge in [-0.1, -0.05) is 25.0 Å². The van der Waals surface area contributed by atoms with Crippen LogP contribution in [0.1, 0.15) is 57.9 Å². The average Bonchev–Trinajstić information content (AvgIpc) is 3.39. The van der Waals surface area contributed by atoms with Gasteiger partial charge in [-0.15, -0.1) is 11.3 Å². The monoisotopic (exact) mass is 454 g/mol. The van der Waals surface area contributed by atoms with E-state index in [0.29, 0.717) is 27.7 Å². The predicted octanol–water partition coefficient (Wildman–Crippen LogP) is 4.21. The summed E-state index contributed by atoms with van der Waals surface area (Å²) in [6.45, 7) is 5.97. The molecule has 0 saturated heterocycles. The van der Waals surface area contributed by atoms with Gasteiger partial charge in [-0.2, -0.15) is 5.10 Å². The standard InChI is InChI=1S/C24H27FN4O2S/c1-14-15(2)28-29(4)23(31)19(14)22-27-16(3)20(32-22)21(30)26-13-24(11-5-6-12-24)17-7-9-18(25)10-8-17/h7-10H,5-6,11-13H2,1-4H3,(H,26,30). The van der Waals surface area contributed by atoms with Crippen LogP contribution >= 0.6 is 11.3 Å². The van der Waals surface area contributed by atoms with Gasteiger partial charge in [0.2, 0.25) is 0 Å². The SMILES string of the molecule is Cc1nc(-c2c(C)c(C)nn(C)c2=O)sc1C(=O)NCC1(c2ccc(F)cc2)CCCC1. The fourth-order valence-electron chi connectivity index (χ4n) is 4.57. The van der Waals surface area contributed by atoms with E-state index in [-0.39, 0.29) is 22.7 Å². The van der Waals surface area contributed by atoms with Crippen molar-refractivity contribution in [2.75, 3.05) is 6.54 Å². The molecular weight excluding hydrogens is 427 g/mol. The Morgan fingerprint density at radius 1 is 1.16 bits per heavy atom. The highest BCUT2D eigenvalue weighted by molar-refractivity contribution is 7.17. The van der Waals surface area contributed by atoms with Crippen LogP contribution < -0.4 is 10.9 Å². The Labute approximate surface area is 190 Å². The van der Waals surface area contributed by atoms with Gasteiger partial charge in [-0.25, -0.2) is 14.1 Å². The van der Waals surface area contributed by atoms with Crippen LogP contribution in [0.2, 0.25) is 0 Å². The number of carbonyl (C=O) groups is 1. The van der Waals surface area contributed by atoms with Gasteiger partial charge in [0, 0.05) is 19.0 Å². The molecule has 1 aliphatic rings. The van der Waals surface area contributed by atoms with E-state index in [0.717, 1.165) is 42.5 Å². The zero-order chi connectivity index (χ0) is 23.0. The van der Waals surface area contributed by atoms with Gasteiger partial charge in [0.15, 0.2) is 0 Å². The van der Waals surface area contributed by atoms with Crippen LogP contribution in [0.4, 0.5) is 4.39 Å². The first-order chi connectivity index (χ1) is 15.2. The topological polar surface area (TPSA) is 76.9 Å². The Hall–Kier alpha value is -2.87. The first kappa shape index (κ1) is 22.3. The van der Waals surface area contributed by atoms with E-state index in [1.807, 2.05) is 26.0 Å². The number of amides is 1. The van der Waals surface area contributed by atoms with E-state index in [1.165, 1.54) is 28.2 Å². The maximum atomic E-state index is 13.4. The summed E-state index contributed by atoms with van der Waals surface area (Å²) >= 11 is 1.23. The zero-order valence-corrected chi connectivity index (χ0v) is 19.6. The van der Waals surface area contributed by atoms with Crippen molar-refractivity contribution in [1.29, 1.82) is 0 Å². The van der Waals surface area contributed by atoms with Gasteiger partial charge in [0.25, 0.3) is 11.5 Å². The number of hydrogen-bond donors (Lipinski definition) is 1. The molecule has 1 amide bonds. The van der Waals surface area contributed by atoms with Gasteiger partial charge in [-0.05, 0) is 56.9 Å². The molecular formula is C24H27FN4O2S. The predicted molar refractivity (Wildman–Crippen MR) is 124 cm³/mol. The van der Waals surface area contributed by atoms with Crippen molar-refractivity contribution in [3.8, 4) is 10.6 Å². The largest absolute Gasteiger partial charge is 0.350 e. The molecule has 1 aromatic carbocycles. The van der Waals surface area contributed by atoms with Crippen LogP contribution in [0.15, 0.2) is 29.1 Å². The van der Waals surface area contributed by atoms with Crippen LogP contribution in [-0.4, -0.2) is 27.2 Å². The first-order valence-electron chi connectivity index (χ1n) is 10.8. The fraction of sp³-hybridized carbons (Fsp3) is 0.417. The number of benzene rings is 1. The lowest BCUT2D eigenvalue weighted by Crippen LogP contribution is -2.39. The molecule has 0 radical (unpaired) electrons. The maximum Gasteiger partial charge on any atom is 0.277 e. The van der Waals surface area contributed by atoms with Gasteiger partial charge >= 0.3 is 0 Å². The number of rotatable bonds is 5. The minimum atomic E-state index is -0.258. The second-order valence-corrected chi connectivity index (χ2v) is 9.62. The third-order valence-electron chi connectivity index (χ3n) is 6.55. The Kier molecular flexibility index (Phi) is 5.99. The number of nitrogens with one attached hydrogen (secondary N) is 1. The summed E-state index contributed by atoms with van der Waals surface area (Å²) in [4.78, 5) is 30.8. The number of carbonyl (C=O) groups excluding carboxylic acids is 1. The molecule has 1 saturated carbocycles. The van der Waals surface area contributed by atoms with Crippen LogP contribution in [-0.2, 0) is 12.5 Å². The minimum absolute atomic E-state index is 0.181. The summed E-state index contributed by atoms with van der Waals surface area (Å²) in [6.07, 6.45) is 4.08. The molecule has 6 nitrogen and oxygen atoms in total. The molecule has 8 heteroatoms. The molecule has 168 valence electrons. The van der Waals surface area contributed by atoms with E-state index in [9.17, 15) is 14.0 Å². The molecule has 0 bridgehead atoms. The molecule has 2 heterocycles. The minimum Gasteiger partial charge on any atom is -0.350 e. The van der Waals surface area contributed by atoms with Gasteiger partial charge in [0.05, 0.1) is 17.0 Å². The van der Waals surface area contributed by atoms with Gasteiger partial charge in [0.1, 0.15) is 15.7 Å². The van der Waals surface area contributed by atoms with E-state index < -0.39 is 0 Å². The number of nitrogens with zero attached hydrogens (tertiary/aromatic N) is 3. The van der Waals surface area contributed by atoms with E-state index in [2.05, 4.69) is 15.4 Å². The molecule has 0 atom stereocenters. The third kappa shape index (κ3) is 3.99. The Balaban J connectivity index is 1.60. The number of hydrogen-bond acceptors (Lipinski definition) is 5. The number of thiazole rings is 1. The summed E-state index contributed by atoms with van der Waals surface area (Å²) in [5, 5.41) is 7.84. The molecule has 1 fully saturated rings. The lowest BCUT2D eigenvalue weighted by Gasteiger charge is -2.30. The van der Waals surface area contributed by atoms with Crippen molar-refractivity contribution in [1.82, 2.24) is 20.1 Å².